The minimum atomic E-state index is -0.315. The summed E-state index contributed by atoms with van der Waals surface area (Å²) >= 11 is 6.05. The molecule has 0 aliphatic rings. The average Bonchev–Trinajstić information content (AvgIpc) is 3.23. The van der Waals surface area contributed by atoms with Gasteiger partial charge in [-0.1, -0.05) is 23.7 Å². The number of carbonyl (C=O) groups excluding carboxylic acids is 1. The van der Waals surface area contributed by atoms with Crippen LogP contribution >= 0.6 is 11.6 Å². The lowest BCUT2D eigenvalue weighted by Crippen LogP contribution is -2.09. The molecule has 6 nitrogen and oxygen atoms in total. The smallest absolute Gasteiger partial charge is 0.248 e. The first-order valence-corrected chi connectivity index (χ1v) is 10.8. The van der Waals surface area contributed by atoms with Crippen LogP contribution in [0.5, 0.6) is 11.5 Å². The molecule has 2 aromatic carbocycles. The third-order valence-electron chi connectivity index (χ3n) is 5.15. The van der Waals surface area contributed by atoms with E-state index in [9.17, 15) is 4.79 Å². The number of amides is 1. The molecule has 0 spiro atoms. The van der Waals surface area contributed by atoms with Gasteiger partial charge in [-0.3, -0.25) is 4.79 Å². The summed E-state index contributed by atoms with van der Waals surface area (Å²) in [6.07, 6.45) is 4.79. The summed E-state index contributed by atoms with van der Waals surface area (Å²) in [5.41, 5.74) is 4.56. The third kappa shape index (κ3) is 4.86. The van der Waals surface area contributed by atoms with Crippen LogP contribution < -0.4 is 14.8 Å². The molecule has 0 radical (unpaired) electrons. The van der Waals surface area contributed by atoms with Gasteiger partial charge in [-0.2, -0.15) is 0 Å². The zero-order valence-electron chi connectivity index (χ0n) is 18.5. The second-order valence-corrected chi connectivity index (χ2v) is 7.68. The summed E-state index contributed by atoms with van der Waals surface area (Å²) in [6, 6.07) is 15.0. The number of aromatic nitrogens is 1. The molecule has 0 bridgehead atoms. The lowest BCUT2D eigenvalue weighted by atomic mass is 9.99. The number of methoxy groups -OCH3 is 1. The highest BCUT2D eigenvalue weighted by Gasteiger charge is 2.16. The monoisotopic (exact) mass is 462 g/mol. The lowest BCUT2D eigenvalue weighted by molar-refractivity contribution is -0.111. The number of carbonyl (C=O) groups is 1. The molecule has 2 heterocycles. The van der Waals surface area contributed by atoms with Gasteiger partial charge in [-0.15, -0.1) is 0 Å². The molecule has 168 valence electrons. The SMILES string of the molecule is CCOc1cc2occ(-c3cccc(OC)c3)c2cc1/C(C)=C/C(=O)Nc1cccnc1Cl. The summed E-state index contributed by atoms with van der Waals surface area (Å²) in [5, 5.41) is 3.90. The van der Waals surface area contributed by atoms with Gasteiger partial charge in [0.25, 0.3) is 0 Å². The molecule has 0 atom stereocenters. The van der Waals surface area contributed by atoms with Crippen LogP contribution in [0.15, 0.2) is 71.5 Å². The molecular formula is C26H23ClN2O4. The number of anilines is 1. The normalized spacial score (nSPS) is 11.5. The van der Waals surface area contributed by atoms with Crippen molar-refractivity contribution >= 4 is 39.7 Å². The number of hydrogen-bond acceptors (Lipinski definition) is 5. The number of nitrogens with zero attached hydrogens (tertiary/aromatic N) is 1. The Hall–Kier alpha value is -3.77. The van der Waals surface area contributed by atoms with Gasteiger partial charge in [0.2, 0.25) is 5.91 Å². The van der Waals surface area contributed by atoms with Gasteiger partial charge in [-0.25, -0.2) is 4.98 Å². The molecule has 0 aliphatic carbocycles. The number of hydrogen-bond donors (Lipinski definition) is 1. The number of fused-ring (bicyclic) bond motifs is 1. The summed E-state index contributed by atoms with van der Waals surface area (Å²) in [6.45, 7) is 4.25. The Balaban J connectivity index is 1.74. The summed E-state index contributed by atoms with van der Waals surface area (Å²) in [4.78, 5) is 16.6. The molecule has 0 aliphatic heterocycles. The van der Waals surface area contributed by atoms with Crippen molar-refractivity contribution in [3.8, 4) is 22.6 Å². The fraction of sp³-hybridized carbons (Fsp3) is 0.154. The van der Waals surface area contributed by atoms with Gasteiger partial charge in [0.15, 0.2) is 5.15 Å². The van der Waals surface area contributed by atoms with Gasteiger partial charge in [0.05, 0.1) is 25.7 Å². The van der Waals surface area contributed by atoms with E-state index < -0.39 is 0 Å². The van der Waals surface area contributed by atoms with E-state index in [-0.39, 0.29) is 11.1 Å². The molecule has 7 heteroatoms. The maximum Gasteiger partial charge on any atom is 0.248 e. The molecule has 2 aromatic heterocycles. The first kappa shape index (κ1) is 22.4. The quantitative estimate of drug-likeness (QED) is 0.247. The van der Waals surface area contributed by atoms with Crippen LogP contribution in [0, 0.1) is 0 Å². The standard InChI is InChI=1S/C26H23ClN2O4/c1-4-32-23-14-24-20(21(15-33-24)17-7-5-8-18(12-17)31-3)13-19(23)16(2)11-25(30)29-22-9-6-10-28-26(22)27/h5-15H,4H2,1-3H3,(H,29,30)/b16-11+. The third-order valence-corrected chi connectivity index (χ3v) is 5.45. The van der Waals surface area contributed by atoms with Crippen LogP contribution in [0.25, 0.3) is 27.7 Å². The number of nitrogens with one attached hydrogen (secondary N) is 1. The van der Waals surface area contributed by atoms with Crippen molar-refractivity contribution in [3.05, 3.63) is 77.8 Å². The molecule has 1 N–H and O–H groups in total. The molecule has 0 saturated heterocycles. The number of allylic oxidation sites excluding steroid dienone is 1. The van der Waals surface area contributed by atoms with E-state index in [0.29, 0.717) is 23.6 Å². The molecule has 33 heavy (non-hydrogen) atoms. The Bertz CT molecular complexity index is 1340. The number of halogens is 1. The predicted octanol–water partition coefficient (Wildman–Crippen LogP) is 6.60. The molecule has 0 saturated carbocycles. The Labute approximate surface area is 196 Å². The summed E-state index contributed by atoms with van der Waals surface area (Å²) in [5.74, 6) is 1.08. The number of rotatable bonds is 7. The van der Waals surface area contributed by atoms with E-state index in [1.165, 1.54) is 6.08 Å². The summed E-state index contributed by atoms with van der Waals surface area (Å²) < 4.78 is 17.0. The minimum Gasteiger partial charge on any atom is -0.497 e. The van der Waals surface area contributed by atoms with E-state index in [0.717, 1.165) is 33.4 Å². The number of furan rings is 1. The highest BCUT2D eigenvalue weighted by atomic mass is 35.5. The van der Waals surface area contributed by atoms with Gasteiger partial charge >= 0.3 is 0 Å². The van der Waals surface area contributed by atoms with Gasteiger partial charge in [0.1, 0.15) is 17.1 Å². The number of ether oxygens (including phenoxy) is 2. The predicted molar refractivity (Wildman–Crippen MR) is 131 cm³/mol. The van der Waals surface area contributed by atoms with Crippen LogP contribution in [0.3, 0.4) is 0 Å². The Morgan fingerprint density at radius 2 is 2.06 bits per heavy atom. The molecule has 4 aromatic rings. The van der Waals surface area contributed by atoms with Crippen molar-refractivity contribution in [1.82, 2.24) is 4.98 Å². The van der Waals surface area contributed by atoms with Crippen molar-refractivity contribution in [3.63, 3.8) is 0 Å². The highest BCUT2D eigenvalue weighted by molar-refractivity contribution is 6.32. The van der Waals surface area contributed by atoms with E-state index >= 15 is 0 Å². The average molecular weight is 463 g/mol. The fourth-order valence-corrected chi connectivity index (χ4v) is 3.74. The van der Waals surface area contributed by atoms with Gasteiger partial charge in [-0.05, 0) is 55.3 Å². The zero-order valence-corrected chi connectivity index (χ0v) is 19.3. The second kappa shape index (κ2) is 9.79. The van der Waals surface area contributed by atoms with E-state index in [2.05, 4.69) is 10.3 Å². The van der Waals surface area contributed by atoms with E-state index in [4.69, 9.17) is 25.5 Å². The van der Waals surface area contributed by atoms with E-state index in [1.54, 1.807) is 31.7 Å². The van der Waals surface area contributed by atoms with Crippen molar-refractivity contribution in [2.45, 2.75) is 13.8 Å². The van der Waals surface area contributed by atoms with Crippen LogP contribution in [0.1, 0.15) is 19.4 Å². The largest absolute Gasteiger partial charge is 0.497 e. The van der Waals surface area contributed by atoms with Crippen molar-refractivity contribution < 1.29 is 18.7 Å². The minimum absolute atomic E-state index is 0.231. The highest BCUT2D eigenvalue weighted by Crippen LogP contribution is 2.38. The van der Waals surface area contributed by atoms with Crippen molar-refractivity contribution in [2.75, 3.05) is 19.0 Å². The Morgan fingerprint density at radius 3 is 2.82 bits per heavy atom. The molecular weight excluding hydrogens is 440 g/mol. The topological polar surface area (TPSA) is 73.6 Å². The summed E-state index contributed by atoms with van der Waals surface area (Å²) in [7, 11) is 1.64. The first-order valence-electron chi connectivity index (χ1n) is 10.4. The Morgan fingerprint density at radius 1 is 1.21 bits per heavy atom. The number of benzene rings is 2. The fourth-order valence-electron chi connectivity index (χ4n) is 3.57. The second-order valence-electron chi connectivity index (χ2n) is 7.32. The molecule has 1 amide bonds. The molecule has 4 rings (SSSR count). The molecule has 0 unspecified atom stereocenters. The zero-order chi connectivity index (χ0) is 23.4. The first-order chi connectivity index (χ1) is 16.0. The maximum atomic E-state index is 12.6. The van der Waals surface area contributed by atoms with Crippen LogP contribution in [0.4, 0.5) is 5.69 Å². The van der Waals surface area contributed by atoms with Crippen LogP contribution in [0.2, 0.25) is 5.15 Å². The maximum absolute atomic E-state index is 12.6. The lowest BCUT2D eigenvalue weighted by Gasteiger charge is -2.12. The van der Waals surface area contributed by atoms with Crippen molar-refractivity contribution in [1.29, 1.82) is 0 Å². The van der Waals surface area contributed by atoms with Gasteiger partial charge in [0, 0.05) is 34.9 Å². The van der Waals surface area contributed by atoms with Gasteiger partial charge < -0.3 is 19.2 Å². The van der Waals surface area contributed by atoms with E-state index in [1.807, 2.05) is 50.2 Å². The van der Waals surface area contributed by atoms with Crippen LogP contribution in [-0.4, -0.2) is 24.6 Å². The Kier molecular flexibility index (Phi) is 6.66. The van der Waals surface area contributed by atoms with Crippen LogP contribution in [-0.2, 0) is 4.79 Å². The van der Waals surface area contributed by atoms with Crippen molar-refractivity contribution in [2.24, 2.45) is 0 Å². The number of pyridine rings is 1. The molecule has 0 fully saturated rings.